The molecule has 0 saturated carbocycles. The fraction of sp³-hybridized carbons (Fsp3) is 0.182. The van der Waals surface area contributed by atoms with Gasteiger partial charge in [-0.3, -0.25) is 0 Å². The topological polar surface area (TPSA) is 17.8 Å². The summed E-state index contributed by atoms with van der Waals surface area (Å²) in [6.45, 7) is 0. The minimum Gasteiger partial charge on any atom is -0.237 e. The molecule has 0 aliphatic rings. The van der Waals surface area contributed by atoms with E-state index in [0.29, 0.717) is 11.8 Å². The molecule has 0 bridgehead atoms. The molecular weight excluding hydrogens is 272 g/mol. The van der Waals surface area contributed by atoms with E-state index in [2.05, 4.69) is 5.10 Å². The van der Waals surface area contributed by atoms with Crippen molar-refractivity contribution in [3.05, 3.63) is 47.5 Å². The summed E-state index contributed by atoms with van der Waals surface area (Å²) in [5.74, 6) is -0.695. The van der Waals surface area contributed by atoms with E-state index in [1.807, 2.05) is 0 Å². The number of rotatable bonds is 2. The van der Waals surface area contributed by atoms with Crippen LogP contribution in [-0.2, 0) is 12.1 Å². The van der Waals surface area contributed by atoms with Crippen LogP contribution in [0.3, 0.4) is 0 Å². The van der Waals surface area contributed by atoms with E-state index in [1.165, 1.54) is 12.1 Å². The third-order valence-electron chi connectivity index (χ3n) is 2.35. The van der Waals surface area contributed by atoms with E-state index in [-0.39, 0.29) is 11.6 Å². The summed E-state index contributed by atoms with van der Waals surface area (Å²) in [6, 6.07) is 4.10. The van der Waals surface area contributed by atoms with Gasteiger partial charge in [0, 0.05) is 12.1 Å². The van der Waals surface area contributed by atoms with E-state index in [1.54, 1.807) is 0 Å². The van der Waals surface area contributed by atoms with Crippen LogP contribution in [0.1, 0.15) is 11.1 Å². The second kappa shape index (κ2) is 4.61. The second-order valence-corrected chi connectivity index (χ2v) is 3.82. The van der Waals surface area contributed by atoms with Crippen LogP contribution in [0.25, 0.3) is 5.69 Å². The first kappa shape index (κ1) is 12.9. The van der Waals surface area contributed by atoms with Crippen LogP contribution in [0.5, 0.6) is 0 Å². The average Bonchev–Trinajstić information content (AvgIpc) is 2.77. The van der Waals surface area contributed by atoms with Crippen LogP contribution < -0.4 is 0 Å². The Morgan fingerprint density at radius 1 is 1.28 bits per heavy atom. The Morgan fingerprint density at radius 2 is 2.00 bits per heavy atom. The molecule has 0 spiro atoms. The largest absolute Gasteiger partial charge is 0.419 e. The van der Waals surface area contributed by atoms with Gasteiger partial charge in [-0.25, -0.2) is 9.07 Å². The Morgan fingerprint density at radius 3 is 2.56 bits per heavy atom. The molecule has 18 heavy (non-hydrogen) atoms. The molecule has 0 aliphatic carbocycles. The van der Waals surface area contributed by atoms with Gasteiger partial charge in [0.2, 0.25) is 0 Å². The first-order chi connectivity index (χ1) is 8.43. The highest BCUT2D eigenvalue weighted by atomic mass is 35.5. The molecule has 0 unspecified atom stereocenters. The number of nitrogens with zero attached hydrogens (tertiary/aromatic N) is 2. The van der Waals surface area contributed by atoms with Crippen LogP contribution >= 0.6 is 11.6 Å². The molecule has 2 nitrogen and oxygen atoms in total. The number of hydrogen-bond donors (Lipinski definition) is 0. The fourth-order valence-electron chi connectivity index (χ4n) is 1.52. The van der Waals surface area contributed by atoms with Gasteiger partial charge in [-0.15, -0.1) is 11.6 Å². The second-order valence-electron chi connectivity index (χ2n) is 3.55. The summed E-state index contributed by atoms with van der Waals surface area (Å²) >= 11 is 5.62. The monoisotopic (exact) mass is 278 g/mol. The van der Waals surface area contributed by atoms with Crippen molar-refractivity contribution >= 4 is 11.6 Å². The minimum atomic E-state index is -4.51. The van der Waals surface area contributed by atoms with Gasteiger partial charge in [0.15, 0.2) is 0 Å². The molecule has 0 atom stereocenters. The van der Waals surface area contributed by atoms with Crippen molar-refractivity contribution in [1.29, 1.82) is 0 Å². The summed E-state index contributed by atoms with van der Waals surface area (Å²) in [5, 5.41) is 3.52. The van der Waals surface area contributed by atoms with Crippen molar-refractivity contribution in [3.63, 3.8) is 0 Å². The molecule has 0 aliphatic heterocycles. The van der Waals surface area contributed by atoms with Gasteiger partial charge >= 0.3 is 6.18 Å². The van der Waals surface area contributed by atoms with E-state index in [9.17, 15) is 17.6 Å². The quantitative estimate of drug-likeness (QED) is 0.604. The molecule has 0 radical (unpaired) electrons. The lowest BCUT2D eigenvalue weighted by Gasteiger charge is -2.08. The number of alkyl halides is 4. The van der Waals surface area contributed by atoms with Crippen LogP contribution in [0, 0.1) is 5.82 Å². The average molecular weight is 279 g/mol. The highest BCUT2D eigenvalue weighted by molar-refractivity contribution is 6.17. The van der Waals surface area contributed by atoms with Crippen LogP contribution in [0.4, 0.5) is 17.6 Å². The van der Waals surface area contributed by atoms with Crippen LogP contribution in [0.15, 0.2) is 30.6 Å². The number of hydrogen-bond acceptors (Lipinski definition) is 1. The molecule has 96 valence electrons. The van der Waals surface area contributed by atoms with Crippen molar-refractivity contribution in [2.24, 2.45) is 0 Å². The molecule has 1 heterocycles. The first-order valence-electron chi connectivity index (χ1n) is 4.89. The SMILES string of the molecule is Fc1cccc(CCl)c1-n1cc(C(F)(F)F)cn1. The zero-order chi connectivity index (χ0) is 13.3. The van der Waals surface area contributed by atoms with Crippen molar-refractivity contribution in [3.8, 4) is 5.69 Å². The van der Waals surface area contributed by atoms with Gasteiger partial charge in [0.25, 0.3) is 0 Å². The number of benzene rings is 1. The van der Waals surface area contributed by atoms with Crippen molar-refractivity contribution in [2.75, 3.05) is 0 Å². The minimum absolute atomic E-state index is 0.0195. The molecule has 0 amide bonds. The van der Waals surface area contributed by atoms with E-state index >= 15 is 0 Å². The Bertz CT molecular complexity index is 562. The van der Waals surface area contributed by atoms with Gasteiger partial charge in [-0.2, -0.15) is 18.3 Å². The lowest BCUT2D eigenvalue weighted by Crippen LogP contribution is -2.04. The summed E-state index contributed by atoms with van der Waals surface area (Å²) in [4.78, 5) is 0. The van der Waals surface area contributed by atoms with Gasteiger partial charge in [0.05, 0.1) is 11.8 Å². The fourth-order valence-corrected chi connectivity index (χ4v) is 1.73. The van der Waals surface area contributed by atoms with Crippen molar-refractivity contribution in [1.82, 2.24) is 9.78 Å². The predicted octanol–water partition coefficient (Wildman–Crippen LogP) is 3.77. The zero-order valence-corrected chi connectivity index (χ0v) is 9.63. The zero-order valence-electron chi connectivity index (χ0n) is 8.88. The van der Waals surface area contributed by atoms with E-state index < -0.39 is 17.6 Å². The summed E-state index contributed by atoms with van der Waals surface area (Å²) in [6.07, 6.45) is -3.14. The maximum absolute atomic E-state index is 13.6. The smallest absolute Gasteiger partial charge is 0.237 e. The molecule has 0 fully saturated rings. The highest BCUT2D eigenvalue weighted by Gasteiger charge is 2.32. The molecule has 1 aromatic heterocycles. The molecule has 1 aromatic carbocycles. The third kappa shape index (κ3) is 2.33. The Labute approximate surface area is 105 Å². The summed E-state index contributed by atoms with van der Waals surface area (Å²) in [5.41, 5.74) is -0.636. The van der Waals surface area contributed by atoms with Crippen molar-refractivity contribution in [2.45, 2.75) is 12.1 Å². The molecule has 2 rings (SSSR count). The molecule has 2 aromatic rings. The Hall–Kier alpha value is -1.56. The van der Waals surface area contributed by atoms with E-state index in [4.69, 9.17) is 11.6 Å². The standard InChI is InChI=1S/C11H7ClF4N2/c12-4-7-2-1-3-9(13)10(7)18-6-8(5-17-18)11(14,15)16/h1-3,5-6H,4H2. The van der Waals surface area contributed by atoms with E-state index in [0.717, 1.165) is 16.9 Å². The van der Waals surface area contributed by atoms with Crippen LogP contribution in [-0.4, -0.2) is 9.78 Å². The first-order valence-corrected chi connectivity index (χ1v) is 5.42. The Kier molecular flexibility index (Phi) is 3.30. The molecular formula is C11H7ClF4N2. The maximum Gasteiger partial charge on any atom is 0.419 e. The Balaban J connectivity index is 2.53. The molecule has 7 heteroatoms. The summed E-state index contributed by atoms with van der Waals surface area (Å²) < 4.78 is 51.8. The van der Waals surface area contributed by atoms with Crippen molar-refractivity contribution < 1.29 is 17.6 Å². The number of halogens is 5. The maximum atomic E-state index is 13.6. The van der Waals surface area contributed by atoms with Gasteiger partial charge in [-0.1, -0.05) is 12.1 Å². The lowest BCUT2D eigenvalue weighted by atomic mass is 10.2. The van der Waals surface area contributed by atoms with Gasteiger partial charge in [0.1, 0.15) is 11.5 Å². The van der Waals surface area contributed by atoms with Gasteiger partial charge in [-0.05, 0) is 11.6 Å². The molecule has 0 saturated heterocycles. The van der Waals surface area contributed by atoms with Gasteiger partial charge < -0.3 is 0 Å². The normalized spacial score (nSPS) is 11.8. The number of para-hydroxylation sites is 1. The predicted molar refractivity (Wildman–Crippen MR) is 58.1 cm³/mol. The lowest BCUT2D eigenvalue weighted by molar-refractivity contribution is -0.137. The van der Waals surface area contributed by atoms with Crippen LogP contribution in [0.2, 0.25) is 0 Å². The molecule has 0 N–H and O–H groups in total. The number of aromatic nitrogens is 2. The third-order valence-corrected chi connectivity index (χ3v) is 2.64. The highest BCUT2D eigenvalue weighted by Crippen LogP contribution is 2.30. The summed E-state index contributed by atoms with van der Waals surface area (Å²) in [7, 11) is 0.